The molecule has 1 aromatic carbocycles. The van der Waals surface area contributed by atoms with Crippen LogP contribution in [0.4, 0.5) is 0 Å². The second-order valence-electron chi connectivity index (χ2n) is 7.97. The van der Waals surface area contributed by atoms with Gasteiger partial charge in [-0.3, -0.25) is 14.5 Å². The van der Waals surface area contributed by atoms with E-state index in [2.05, 4.69) is 31.5 Å². The number of halogens is 1. The number of carbonyl (C=O) groups is 1. The molecule has 0 bridgehead atoms. The molecule has 1 aliphatic rings. The Balaban J connectivity index is 1.95. The highest BCUT2D eigenvalue weighted by atomic mass is 35.5. The molecule has 0 fully saturated rings. The van der Waals surface area contributed by atoms with Crippen LogP contribution in [-0.2, 0) is 17.9 Å². The lowest BCUT2D eigenvalue weighted by atomic mass is 9.94. The van der Waals surface area contributed by atoms with Crippen molar-refractivity contribution in [3.05, 3.63) is 71.7 Å². The van der Waals surface area contributed by atoms with E-state index in [0.717, 1.165) is 38.7 Å². The van der Waals surface area contributed by atoms with Crippen molar-refractivity contribution in [3.63, 3.8) is 0 Å². The van der Waals surface area contributed by atoms with Gasteiger partial charge in [0, 0.05) is 28.5 Å². The molecule has 0 atom stereocenters. The Kier molecular flexibility index (Phi) is 4.79. The van der Waals surface area contributed by atoms with Crippen LogP contribution >= 0.6 is 11.6 Å². The summed E-state index contributed by atoms with van der Waals surface area (Å²) >= 11 is 6.25. The van der Waals surface area contributed by atoms with Gasteiger partial charge >= 0.3 is 0 Å². The van der Waals surface area contributed by atoms with E-state index in [0.29, 0.717) is 13.1 Å². The molecule has 1 aliphatic heterocycles. The summed E-state index contributed by atoms with van der Waals surface area (Å²) in [6, 6.07) is 9.90. The largest absolute Gasteiger partial charge is 0.326 e. The predicted octanol–water partition coefficient (Wildman–Crippen LogP) is 4.88. The Labute approximate surface area is 175 Å². The molecule has 3 aromatic rings. The number of nitrogens with zero attached hydrogens (tertiary/aromatic N) is 4. The molecule has 0 spiro atoms. The first-order valence-corrected chi connectivity index (χ1v) is 9.90. The van der Waals surface area contributed by atoms with Crippen LogP contribution in [0.5, 0.6) is 0 Å². The molecular weight excluding hydrogens is 384 g/mol. The van der Waals surface area contributed by atoms with Crippen molar-refractivity contribution in [1.29, 1.82) is 0 Å². The van der Waals surface area contributed by atoms with Crippen LogP contribution in [0.3, 0.4) is 0 Å². The average molecular weight is 407 g/mol. The van der Waals surface area contributed by atoms with E-state index < -0.39 is 0 Å². The topological polar surface area (TPSA) is 51.0 Å². The summed E-state index contributed by atoms with van der Waals surface area (Å²) < 4.78 is 2.03. The van der Waals surface area contributed by atoms with Crippen molar-refractivity contribution in [1.82, 2.24) is 19.7 Å². The zero-order chi connectivity index (χ0) is 20.8. The van der Waals surface area contributed by atoms with E-state index in [-0.39, 0.29) is 11.4 Å². The smallest absolute Gasteiger partial charge is 0.246 e. The van der Waals surface area contributed by atoms with Gasteiger partial charge in [0.15, 0.2) is 0 Å². The van der Waals surface area contributed by atoms with Crippen LogP contribution in [0.25, 0.3) is 22.4 Å². The SMILES string of the molecule is C=CC(=O)N1Cc2c(-c3ccncc3)c(-c3ccc(Cl)c(C)c3)nn2CC1(C)C. The molecule has 0 N–H and O–H groups in total. The van der Waals surface area contributed by atoms with E-state index in [1.165, 1.54) is 6.08 Å². The summed E-state index contributed by atoms with van der Waals surface area (Å²) in [5.41, 5.74) is 5.57. The van der Waals surface area contributed by atoms with Gasteiger partial charge in [-0.15, -0.1) is 0 Å². The molecule has 6 heteroatoms. The maximum Gasteiger partial charge on any atom is 0.246 e. The highest BCUT2D eigenvalue weighted by Crippen LogP contribution is 2.39. The normalized spacial score (nSPS) is 15.1. The summed E-state index contributed by atoms with van der Waals surface area (Å²) in [7, 11) is 0. The number of carbonyl (C=O) groups excluding carboxylic acids is 1. The molecule has 4 rings (SSSR count). The first-order chi connectivity index (χ1) is 13.8. The van der Waals surface area contributed by atoms with Gasteiger partial charge in [-0.25, -0.2) is 0 Å². The molecule has 5 nitrogen and oxygen atoms in total. The first-order valence-electron chi connectivity index (χ1n) is 9.52. The minimum atomic E-state index is -0.368. The third-order valence-electron chi connectivity index (χ3n) is 5.47. The molecule has 0 saturated carbocycles. The summed E-state index contributed by atoms with van der Waals surface area (Å²) in [4.78, 5) is 18.6. The van der Waals surface area contributed by atoms with Gasteiger partial charge in [-0.1, -0.05) is 24.2 Å². The standard InChI is InChI=1S/C23H23ClN4O/c1-5-20(29)27-13-19-21(16-8-10-25-11-9-16)22(26-28(19)14-23(27,3)4)17-6-7-18(24)15(2)12-17/h5-12H,1,13-14H2,2-4H3. The van der Waals surface area contributed by atoms with E-state index in [9.17, 15) is 4.79 Å². The maximum atomic E-state index is 12.6. The Morgan fingerprint density at radius 2 is 1.93 bits per heavy atom. The maximum absolute atomic E-state index is 12.6. The number of benzene rings is 1. The Morgan fingerprint density at radius 3 is 2.59 bits per heavy atom. The number of aromatic nitrogens is 3. The van der Waals surface area contributed by atoms with Crippen molar-refractivity contribution in [2.45, 2.75) is 39.4 Å². The number of hydrogen-bond donors (Lipinski definition) is 0. The molecule has 148 valence electrons. The Hall–Kier alpha value is -2.92. The Morgan fingerprint density at radius 1 is 1.21 bits per heavy atom. The minimum Gasteiger partial charge on any atom is -0.326 e. The van der Waals surface area contributed by atoms with E-state index in [1.807, 2.05) is 40.8 Å². The fourth-order valence-electron chi connectivity index (χ4n) is 3.91. The molecule has 1 amide bonds. The highest BCUT2D eigenvalue weighted by Gasteiger charge is 2.38. The summed E-state index contributed by atoms with van der Waals surface area (Å²) in [5, 5.41) is 5.70. The lowest BCUT2D eigenvalue weighted by Crippen LogP contribution is -2.53. The quantitative estimate of drug-likeness (QED) is 0.582. The number of pyridine rings is 1. The molecule has 0 unspecified atom stereocenters. The first kappa shape index (κ1) is 19.4. The third-order valence-corrected chi connectivity index (χ3v) is 5.90. The van der Waals surface area contributed by atoms with Gasteiger partial charge in [0.1, 0.15) is 5.69 Å². The summed E-state index contributed by atoms with van der Waals surface area (Å²) in [5.74, 6) is -0.0768. The lowest BCUT2D eigenvalue weighted by molar-refractivity contribution is -0.134. The van der Waals surface area contributed by atoms with Crippen molar-refractivity contribution < 1.29 is 4.79 Å². The van der Waals surface area contributed by atoms with E-state index in [4.69, 9.17) is 16.7 Å². The van der Waals surface area contributed by atoms with Crippen LogP contribution in [0.1, 0.15) is 25.1 Å². The monoisotopic (exact) mass is 406 g/mol. The van der Waals surface area contributed by atoms with Crippen LogP contribution in [0.15, 0.2) is 55.4 Å². The third kappa shape index (κ3) is 3.36. The van der Waals surface area contributed by atoms with E-state index >= 15 is 0 Å². The summed E-state index contributed by atoms with van der Waals surface area (Å²) in [6.45, 7) is 10.8. The highest BCUT2D eigenvalue weighted by molar-refractivity contribution is 6.31. The Bertz CT molecular complexity index is 1100. The second-order valence-corrected chi connectivity index (χ2v) is 8.38. The fourth-order valence-corrected chi connectivity index (χ4v) is 4.02. The van der Waals surface area contributed by atoms with Gasteiger partial charge in [-0.05, 0) is 62.2 Å². The molecule has 2 aromatic heterocycles. The molecular formula is C23H23ClN4O. The average Bonchev–Trinajstić information content (AvgIpc) is 3.06. The second kappa shape index (κ2) is 7.16. The van der Waals surface area contributed by atoms with Crippen molar-refractivity contribution >= 4 is 17.5 Å². The lowest BCUT2D eigenvalue weighted by Gasteiger charge is -2.42. The number of rotatable bonds is 3. The zero-order valence-electron chi connectivity index (χ0n) is 16.8. The number of fused-ring (bicyclic) bond motifs is 1. The van der Waals surface area contributed by atoms with Gasteiger partial charge in [0.05, 0.1) is 24.3 Å². The molecule has 0 saturated heterocycles. The fraction of sp³-hybridized carbons (Fsp3) is 0.261. The molecule has 0 aliphatic carbocycles. The van der Waals surface area contributed by atoms with Crippen LogP contribution < -0.4 is 0 Å². The van der Waals surface area contributed by atoms with E-state index in [1.54, 1.807) is 12.4 Å². The van der Waals surface area contributed by atoms with Gasteiger partial charge < -0.3 is 4.90 Å². The molecule has 3 heterocycles. The van der Waals surface area contributed by atoms with Crippen LogP contribution in [-0.4, -0.2) is 31.1 Å². The number of hydrogen-bond acceptors (Lipinski definition) is 3. The summed E-state index contributed by atoms with van der Waals surface area (Å²) in [6.07, 6.45) is 4.93. The van der Waals surface area contributed by atoms with Crippen LogP contribution in [0, 0.1) is 6.92 Å². The van der Waals surface area contributed by atoms with Crippen molar-refractivity contribution in [2.24, 2.45) is 0 Å². The van der Waals surface area contributed by atoms with Gasteiger partial charge in [-0.2, -0.15) is 5.10 Å². The number of aryl methyl sites for hydroxylation is 1. The van der Waals surface area contributed by atoms with Gasteiger partial charge in [0.25, 0.3) is 0 Å². The predicted molar refractivity (Wildman–Crippen MR) is 115 cm³/mol. The minimum absolute atomic E-state index is 0.0768. The van der Waals surface area contributed by atoms with Crippen molar-refractivity contribution in [2.75, 3.05) is 0 Å². The molecule has 29 heavy (non-hydrogen) atoms. The van der Waals surface area contributed by atoms with Crippen molar-refractivity contribution in [3.8, 4) is 22.4 Å². The van der Waals surface area contributed by atoms with Gasteiger partial charge in [0.2, 0.25) is 5.91 Å². The molecule has 0 radical (unpaired) electrons. The zero-order valence-corrected chi connectivity index (χ0v) is 17.6. The van der Waals surface area contributed by atoms with Crippen LogP contribution in [0.2, 0.25) is 5.02 Å². The number of amides is 1.